The van der Waals surface area contributed by atoms with Crippen LogP contribution in [0.15, 0.2) is 62.8 Å². The van der Waals surface area contributed by atoms with Gasteiger partial charge >= 0.3 is 4.87 Å². The lowest BCUT2D eigenvalue weighted by molar-refractivity contribution is -0.122. The van der Waals surface area contributed by atoms with E-state index in [2.05, 4.69) is 20.9 Å². The first-order chi connectivity index (χ1) is 13.9. The molecule has 2 amide bonds. The lowest BCUT2D eigenvalue weighted by Gasteiger charge is -2.29. The molecule has 8 heteroatoms. The number of anilines is 1. The van der Waals surface area contributed by atoms with Crippen LogP contribution in [-0.4, -0.2) is 22.0 Å². The van der Waals surface area contributed by atoms with Crippen molar-refractivity contribution in [3.05, 3.63) is 78.7 Å². The third-order valence-corrected chi connectivity index (χ3v) is 8.27. The van der Waals surface area contributed by atoms with E-state index < -0.39 is 11.2 Å². The fourth-order valence-corrected chi connectivity index (χ4v) is 6.77. The highest BCUT2D eigenvalue weighted by Crippen LogP contribution is 2.53. The van der Waals surface area contributed by atoms with Crippen molar-refractivity contribution in [3.63, 3.8) is 0 Å². The van der Waals surface area contributed by atoms with Crippen molar-refractivity contribution >= 4 is 56.5 Å². The SMILES string of the molecule is Cc1ccc(N2C(=O)[C@H]3[C@H](c4ccc(Br)cc4)c4sc(=O)[nH]c4S[C@H]3C2=O)cc1. The fraction of sp³-hybridized carbons (Fsp3) is 0.190. The molecular formula is C21H15BrN2O3S2. The van der Waals surface area contributed by atoms with E-state index in [9.17, 15) is 14.4 Å². The van der Waals surface area contributed by atoms with Gasteiger partial charge in [-0.15, -0.1) is 0 Å². The predicted molar refractivity (Wildman–Crippen MR) is 118 cm³/mol. The monoisotopic (exact) mass is 486 g/mol. The van der Waals surface area contributed by atoms with E-state index in [-0.39, 0.29) is 22.6 Å². The largest absolute Gasteiger partial charge is 0.307 e. The molecule has 5 nitrogen and oxygen atoms in total. The summed E-state index contributed by atoms with van der Waals surface area (Å²) in [5.74, 6) is -1.32. The summed E-state index contributed by atoms with van der Waals surface area (Å²) in [5, 5.41) is 0.135. The number of thiazole rings is 1. The number of H-pyrrole nitrogens is 1. The predicted octanol–water partition coefficient (Wildman–Crippen LogP) is 4.30. The highest BCUT2D eigenvalue weighted by Gasteiger charge is 2.56. The third-order valence-electron chi connectivity index (χ3n) is 5.35. The maximum Gasteiger partial charge on any atom is 0.305 e. The Morgan fingerprint density at radius 1 is 0.966 bits per heavy atom. The van der Waals surface area contributed by atoms with Crippen molar-refractivity contribution in [2.75, 3.05) is 4.90 Å². The van der Waals surface area contributed by atoms with Gasteiger partial charge < -0.3 is 4.98 Å². The van der Waals surface area contributed by atoms with Crippen LogP contribution < -0.4 is 9.77 Å². The molecule has 1 fully saturated rings. The van der Waals surface area contributed by atoms with E-state index in [1.165, 1.54) is 16.7 Å². The number of aromatic amines is 1. The zero-order valence-electron chi connectivity index (χ0n) is 15.2. The van der Waals surface area contributed by atoms with E-state index in [4.69, 9.17) is 0 Å². The molecule has 3 heterocycles. The molecule has 5 rings (SSSR count). The summed E-state index contributed by atoms with van der Waals surface area (Å²) in [7, 11) is 0. The average Bonchev–Trinajstić information content (AvgIpc) is 3.19. The fourth-order valence-electron chi connectivity index (χ4n) is 3.99. The van der Waals surface area contributed by atoms with Crippen LogP contribution in [0.1, 0.15) is 21.9 Å². The number of hydrogen-bond acceptors (Lipinski definition) is 5. The van der Waals surface area contributed by atoms with Crippen molar-refractivity contribution in [3.8, 4) is 0 Å². The van der Waals surface area contributed by atoms with Crippen LogP contribution in [0.4, 0.5) is 5.69 Å². The number of hydrogen-bond donors (Lipinski definition) is 1. The molecule has 3 aromatic rings. The number of carbonyl (C=O) groups excluding carboxylic acids is 2. The highest BCUT2D eigenvalue weighted by atomic mass is 79.9. The molecule has 3 atom stereocenters. The molecule has 0 unspecified atom stereocenters. The first kappa shape index (κ1) is 18.8. The molecule has 1 N–H and O–H groups in total. The number of benzene rings is 2. The summed E-state index contributed by atoms with van der Waals surface area (Å²) in [6, 6.07) is 15.1. The molecule has 0 spiro atoms. The Hall–Kier alpha value is -2.16. The van der Waals surface area contributed by atoms with Gasteiger partial charge in [-0.2, -0.15) is 0 Å². The van der Waals surface area contributed by atoms with Crippen molar-refractivity contribution < 1.29 is 9.59 Å². The molecule has 0 radical (unpaired) electrons. The molecule has 29 heavy (non-hydrogen) atoms. The van der Waals surface area contributed by atoms with Gasteiger partial charge in [0, 0.05) is 15.3 Å². The van der Waals surface area contributed by atoms with E-state index in [0.717, 1.165) is 31.8 Å². The topological polar surface area (TPSA) is 70.2 Å². The number of thioether (sulfide) groups is 1. The first-order valence-corrected chi connectivity index (χ1v) is 11.5. The quantitative estimate of drug-likeness (QED) is 0.548. The van der Waals surface area contributed by atoms with Gasteiger partial charge in [0.2, 0.25) is 11.8 Å². The third kappa shape index (κ3) is 3.01. The van der Waals surface area contributed by atoms with Crippen LogP contribution in [0.2, 0.25) is 0 Å². The van der Waals surface area contributed by atoms with Crippen LogP contribution in [0.3, 0.4) is 0 Å². The number of aromatic nitrogens is 1. The van der Waals surface area contributed by atoms with Crippen molar-refractivity contribution in [2.24, 2.45) is 5.92 Å². The van der Waals surface area contributed by atoms with E-state index in [0.29, 0.717) is 10.7 Å². The van der Waals surface area contributed by atoms with E-state index in [1.807, 2.05) is 43.3 Å². The number of halogens is 1. The van der Waals surface area contributed by atoms with Gasteiger partial charge in [0.25, 0.3) is 0 Å². The normalized spacial score (nSPS) is 23.2. The number of imide groups is 1. The molecule has 146 valence electrons. The van der Waals surface area contributed by atoms with Crippen LogP contribution in [0.5, 0.6) is 0 Å². The number of carbonyl (C=O) groups is 2. The summed E-state index contributed by atoms with van der Waals surface area (Å²) in [6.45, 7) is 1.96. The Kier molecular flexibility index (Phi) is 4.53. The highest BCUT2D eigenvalue weighted by molar-refractivity contribution is 9.10. The van der Waals surface area contributed by atoms with Gasteiger partial charge in [-0.05, 0) is 36.8 Å². The molecule has 1 saturated heterocycles. The van der Waals surface area contributed by atoms with Gasteiger partial charge in [-0.25, -0.2) is 4.90 Å². The Labute approximate surface area is 183 Å². The van der Waals surface area contributed by atoms with Gasteiger partial charge in [-0.3, -0.25) is 14.4 Å². The van der Waals surface area contributed by atoms with Crippen LogP contribution in [-0.2, 0) is 9.59 Å². The summed E-state index contributed by atoms with van der Waals surface area (Å²) >= 11 is 5.86. The van der Waals surface area contributed by atoms with Crippen molar-refractivity contribution in [1.29, 1.82) is 0 Å². The number of aryl methyl sites for hydroxylation is 1. The van der Waals surface area contributed by atoms with Crippen LogP contribution in [0, 0.1) is 12.8 Å². The van der Waals surface area contributed by atoms with Gasteiger partial charge in [-0.1, -0.05) is 68.9 Å². The number of nitrogens with zero attached hydrogens (tertiary/aromatic N) is 1. The van der Waals surface area contributed by atoms with E-state index >= 15 is 0 Å². The molecule has 2 aliphatic heterocycles. The molecular weight excluding hydrogens is 472 g/mol. The standard InChI is InChI=1S/C21H15BrN2O3S2/c1-10-2-8-13(9-3-10)24-19(25)15-14(11-4-6-12(22)7-5-11)16-18(23-21(27)29-16)28-17(15)20(24)26/h2-9,14-15,17H,1H3,(H,23,27)/t14-,15-,17+/m0/s1. The second-order valence-electron chi connectivity index (χ2n) is 7.15. The smallest absolute Gasteiger partial charge is 0.305 e. The average molecular weight is 487 g/mol. The van der Waals surface area contributed by atoms with E-state index in [1.54, 1.807) is 12.1 Å². The Balaban J connectivity index is 1.64. The second kappa shape index (κ2) is 6.97. The summed E-state index contributed by atoms with van der Waals surface area (Å²) in [4.78, 5) is 43.6. The maximum atomic E-state index is 13.5. The molecule has 0 aliphatic carbocycles. The minimum atomic E-state index is -0.560. The van der Waals surface area contributed by atoms with Gasteiger partial charge in [0.1, 0.15) is 5.25 Å². The molecule has 1 aromatic heterocycles. The molecule has 0 saturated carbocycles. The summed E-state index contributed by atoms with van der Waals surface area (Å²) in [6.07, 6.45) is 0. The summed E-state index contributed by atoms with van der Waals surface area (Å²) in [5.41, 5.74) is 2.58. The number of nitrogens with one attached hydrogen (secondary N) is 1. The Morgan fingerprint density at radius 3 is 2.34 bits per heavy atom. The minimum Gasteiger partial charge on any atom is -0.307 e. The van der Waals surface area contributed by atoms with Crippen LogP contribution >= 0.6 is 39.0 Å². The lowest BCUT2D eigenvalue weighted by atomic mass is 9.83. The summed E-state index contributed by atoms with van der Waals surface area (Å²) < 4.78 is 0.931. The zero-order chi connectivity index (χ0) is 20.3. The van der Waals surface area contributed by atoms with Crippen molar-refractivity contribution in [1.82, 2.24) is 4.98 Å². The zero-order valence-corrected chi connectivity index (χ0v) is 18.4. The number of amides is 2. The number of fused-ring (bicyclic) bond motifs is 2. The van der Waals surface area contributed by atoms with Gasteiger partial charge in [0.15, 0.2) is 0 Å². The lowest BCUT2D eigenvalue weighted by Crippen LogP contribution is -2.32. The van der Waals surface area contributed by atoms with Crippen molar-refractivity contribution in [2.45, 2.75) is 23.1 Å². The Morgan fingerprint density at radius 2 is 1.66 bits per heavy atom. The molecule has 0 bridgehead atoms. The Bertz CT molecular complexity index is 1180. The number of rotatable bonds is 2. The second-order valence-corrected chi connectivity index (χ2v) is 10.2. The van der Waals surface area contributed by atoms with Crippen LogP contribution in [0.25, 0.3) is 0 Å². The minimum absolute atomic E-state index is 0.167. The van der Waals surface area contributed by atoms with Gasteiger partial charge in [0.05, 0.1) is 16.6 Å². The first-order valence-electron chi connectivity index (χ1n) is 9.03. The maximum absolute atomic E-state index is 13.5. The molecule has 2 aromatic carbocycles. The molecule has 2 aliphatic rings.